The maximum absolute atomic E-state index is 13.7. The Balaban J connectivity index is 2.24. The number of benzene rings is 1. The molecule has 0 fully saturated rings. The summed E-state index contributed by atoms with van der Waals surface area (Å²) in [6.45, 7) is -1.37. The van der Waals surface area contributed by atoms with Crippen LogP contribution in [0.5, 0.6) is 0 Å². The molecule has 11 heteroatoms. The number of rotatable bonds is 4. The van der Waals surface area contributed by atoms with Crippen molar-refractivity contribution in [3.63, 3.8) is 0 Å². The summed E-state index contributed by atoms with van der Waals surface area (Å²) in [4.78, 5) is -0.731. The normalized spacial score (nSPS) is 12.4. The molecule has 0 unspecified atom stereocenters. The first-order valence-corrected chi connectivity index (χ1v) is 7.52. The molecule has 5 nitrogen and oxygen atoms in total. The standard InChI is InChI=1S/C11H8ClF4N3O2S/c12-7-2-1-3-8(10(7)13)22(20,21)18-9-4-5-19(17-9)6-11(14,15)16/h1-5H,6H2,(H,17,18). The summed E-state index contributed by atoms with van der Waals surface area (Å²) in [5.74, 6) is -1.53. The third-order valence-electron chi connectivity index (χ3n) is 2.43. The first-order valence-electron chi connectivity index (χ1n) is 5.65. The van der Waals surface area contributed by atoms with Gasteiger partial charge < -0.3 is 0 Å². The van der Waals surface area contributed by atoms with Crippen LogP contribution in [-0.2, 0) is 16.6 Å². The van der Waals surface area contributed by atoms with Crippen molar-refractivity contribution in [3.05, 3.63) is 41.3 Å². The molecule has 1 aromatic heterocycles. The molecule has 0 bridgehead atoms. The second-order valence-corrected chi connectivity index (χ2v) is 6.23. The van der Waals surface area contributed by atoms with Crippen LogP contribution in [0.4, 0.5) is 23.4 Å². The summed E-state index contributed by atoms with van der Waals surface area (Å²) in [6, 6.07) is 4.37. The number of alkyl halides is 3. The SMILES string of the molecule is O=S(=O)(Nc1ccn(CC(F)(F)F)n1)c1cccc(Cl)c1F. The van der Waals surface area contributed by atoms with Crippen molar-refractivity contribution < 1.29 is 26.0 Å². The van der Waals surface area contributed by atoms with Gasteiger partial charge in [0, 0.05) is 12.3 Å². The molecule has 0 aliphatic carbocycles. The number of halogens is 5. The molecule has 1 aromatic carbocycles. The molecule has 0 aliphatic rings. The van der Waals surface area contributed by atoms with Crippen LogP contribution in [0.2, 0.25) is 5.02 Å². The number of sulfonamides is 1. The maximum Gasteiger partial charge on any atom is 0.408 e. The zero-order valence-electron chi connectivity index (χ0n) is 10.6. The van der Waals surface area contributed by atoms with E-state index in [2.05, 4.69) is 5.10 Å². The summed E-state index contributed by atoms with van der Waals surface area (Å²) in [7, 11) is -4.36. The second kappa shape index (κ2) is 5.76. The number of hydrogen-bond acceptors (Lipinski definition) is 3. The van der Waals surface area contributed by atoms with Crippen molar-refractivity contribution in [1.82, 2.24) is 9.78 Å². The molecule has 2 rings (SSSR count). The predicted molar refractivity (Wildman–Crippen MR) is 70.5 cm³/mol. The van der Waals surface area contributed by atoms with Gasteiger partial charge in [-0.05, 0) is 12.1 Å². The fourth-order valence-electron chi connectivity index (χ4n) is 1.57. The molecule has 22 heavy (non-hydrogen) atoms. The Kier molecular flexibility index (Phi) is 4.34. The molecule has 1 N–H and O–H groups in total. The van der Waals surface area contributed by atoms with Crippen molar-refractivity contribution in [2.75, 3.05) is 4.72 Å². The summed E-state index contributed by atoms with van der Waals surface area (Å²) < 4.78 is 76.6. The molecule has 0 amide bonds. The highest BCUT2D eigenvalue weighted by molar-refractivity contribution is 7.92. The molecule has 0 aliphatic heterocycles. The van der Waals surface area contributed by atoms with Gasteiger partial charge in [0.05, 0.1) is 5.02 Å². The van der Waals surface area contributed by atoms with Crippen LogP contribution < -0.4 is 4.72 Å². The minimum atomic E-state index is -4.50. The van der Waals surface area contributed by atoms with Crippen LogP contribution in [0, 0.1) is 5.82 Å². The lowest BCUT2D eigenvalue weighted by molar-refractivity contribution is -0.142. The average molecular weight is 358 g/mol. The zero-order valence-corrected chi connectivity index (χ0v) is 12.2. The van der Waals surface area contributed by atoms with Gasteiger partial charge in [-0.1, -0.05) is 17.7 Å². The van der Waals surface area contributed by atoms with Crippen LogP contribution in [0.15, 0.2) is 35.4 Å². The Morgan fingerprint density at radius 2 is 1.95 bits per heavy atom. The largest absolute Gasteiger partial charge is 0.408 e. The van der Waals surface area contributed by atoms with Crippen LogP contribution >= 0.6 is 11.6 Å². The van der Waals surface area contributed by atoms with Gasteiger partial charge in [0.15, 0.2) is 11.6 Å². The van der Waals surface area contributed by atoms with Crippen LogP contribution in [0.25, 0.3) is 0 Å². The highest BCUT2D eigenvalue weighted by Gasteiger charge is 2.29. The van der Waals surface area contributed by atoms with Crippen molar-refractivity contribution in [3.8, 4) is 0 Å². The van der Waals surface area contributed by atoms with E-state index in [-0.39, 0.29) is 5.82 Å². The van der Waals surface area contributed by atoms with Gasteiger partial charge in [-0.2, -0.15) is 18.3 Å². The van der Waals surface area contributed by atoms with Gasteiger partial charge >= 0.3 is 6.18 Å². The molecule has 0 saturated heterocycles. The number of hydrogen-bond donors (Lipinski definition) is 1. The molecule has 120 valence electrons. The molecule has 1 heterocycles. The number of nitrogens with one attached hydrogen (secondary N) is 1. The first-order chi connectivity index (χ1) is 10.1. The van der Waals surface area contributed by atoms with Gasteiger partial charge in [0.25, 0.3) is 10.0 Å². The average Bonchev–Trinajstić information content (AvgIpc) is 2.76. The smallest absolute Gasteiger partial charge is 0.262 e. The lowest BCUT2D eigenvalue weighted by Gasteiger charge is -2.08. The maximum atomic E-state index is 13.7. The minimum Gasteiger partial charge on any atom is -0.262 e. The Bertz CT molecular complexity index is 789. The fourth-order valence-corrected chi connectivity index (χ4v) is 2.90. The molecular weight excluding hydrogens is 350 g/mol. The van der Waals surface area contributed by atoms with Gasteiger partial charge in [0.2, 0.25) is 0 Å². The molecular formula is C11H8ClF4N3O2S. The Labute approximate surface area is 127 Å². The zero-order chi connectivity index (χ0) is 16.5. The Morgan fingerprint density at radius 1 is 1.27 bits per heavy atom. The third kappa shape index (κ3) is 3.89. The van der Waals surface area contributed by atoms with E-state index in [9.17, 15) is 26.0 Å². The Morgan fingerprint density at radius 3 is 2.59 bits per heavy atom. The van der Waals surface area contributed by atoms with E-state index in [1.807, 2.05) is 4.72 Å². The quantitative estimate of drug-likeness (QED) is 0.855. The highest BCUT2D eigenvalue weighted by Crippen LogP contribution is 2.24. The summed E-state index contributed by atoms with van der Waals surface area (Å²) >= 11 is 5.49. The molecule has 2 aromatic rings. The number of nitrogens with zero attached hydrogens (tertiary/aromatic N) is 2. The summed E-state index contributed by atoms with van der Waals surface area (Å²) in [5, 5.41) is 3.01. The van der Waals surface area contributed by atoms with E-state index in [1.165, 1.54) is 6.07 Å². The van der Waals surface area contributed by atoms with Gasteiger partial charge in [-0.25, -0.2) is 12.8 Å². The van der Waals surface area contributed by atoms with Crippen LogP contribution in [-0.4, -0.2) is 24.4 Å². The van der Waals surface area contributed by atoms with Crippen molar-refractivity contribution in [2.45, 2.75) is 17.6 Å². The van der Waals surface area contributed by atoms with Crippen molar-refractivity contribution in [1.29, 1.82) is 0 Å². The van der Waals surface area contributed by atoms with Gasteiger partial charge in [-0.3, -0.25) is 9.40 Å². The summed E-state index contributed by atoms with van der Waals surface area (Å²) in [6.07, 6.45) is -3.55. The van der Waals surface area contributed by atoms with E-state index in [0.717, 1.165) is 24.4 Å². The summed E-state index contributed by atoms with van der Waals surface area (Å²) in [5.41, 5.74) is 0. The molecule has 0 spiro atoms. The minimum absolute atomic E-state index is 0.372. The first kappa shape index (κ1) is 16.6. The molecule has 0 atom stereocenters. The second-order valence-electron chi connectivity index (χ2n) is 4.17. The van der Waals surface area contributed by atoms with E-state index >= 15 is 0 Å². The van der Waals surface area contributed by atoms with E-state index < -0.39 is 38.5 Å². The molecule has 0 saturated carbocycles. The predicted octanol–water partition coefficient (Wildman–Crippen LogP) is 3.04. The lowest BCUT2D eigenvalue weighted by atomic mass is 10.3. The van der Waals surface area contributed by atoms with E-state index in [4.69, 9.17) is 11.6 Å². The van der Waals surface area contributed by atoms with Crippen LogP contribution in [0.3, 0.4) is 0 Å². The van der Waals surface area contributed by atoms with Crippen molar-refractivity contribution in [2.24, 2.45) is 0 Å². The lowest BCUT2D eigenvalue weighted by Crippen LogP contribution is -2.19. The molecule has 0 radical (unpaired) electrons. The third-order valence-corrected chi connectivity index (χ3v) is 4.09. The van der Waals surface area contributed by atoms with E-state index in [0.29, 0.717) is 4.68 Å². The highest BCUT2D eigenvalue weighted by atomic mass is 35.5. The fraction of sp³-hybridized carbons (Fsp3) is 0.182. The van der Waals surface area contributed by atoms with Gasteiger partial charge in [0.1, 0.15) is 11.4 Å². The monoisotopic (exact) mass is 357 g/mol. The number of anilines is 1. The van der Waals surface area contributed by atoms with Crippen molar-refractivity contribution >= 4 is 27.4 Å². The van der Waals surface area contributed by atoms with E-state index in [1.54, 1.807) is 0 Å². The topological polar surface area (TPSA) is 64.0 Å². The van der Waals surface area contributed by atoms with Gasteiger partial charge in [-0.15, -0.1) is 0 Å². The Hall–Kier alpha value is -1.81. The number of aromatic nitrogens is 2. The van der Waals surface area contributed by atoms with Crippen LogP contribution in [0.1, 0.15) is 0 Å².